The molecule has 7 rings (SSSR count). The highest BCUT2D eigenvalue weighted by molar-refractivity contribution is 6.33. The molecular weight excluding hydrogens is 552 g/mol. The number of nitrogens with zero attached hydrogens (tertiary/aromatic N) is 4. The quantitative estimate of drug-likeness (QED) is 0.392. The van der Waals surface area contributed by atoms with Crippen molar-refractivity contribution in [3.05, 3.63) is 39.8 Å². The Morgan fingerprint density at radius 1 is 1.20 bits per heavy atom. The first-order valence-electron chi connectivity index (χ1n) is 13.2. The summed E-state index contributed by atoms with van der Waals surface area (Å²) in [7, 11) is 1.56. The molecule has 2 aromatic heterocycles. The third-order valence-electron chi connectivity index (χ3n) is 8.88. The molecule has 4 aliphatic rings. The van der Waals surface area contributed by atoms with Crippen molar-refractivity contribution in [2.45, 2.75) is 56.5 Å². The molecule has 2 saturated carbocycles. The Labute approximate surface area is 231 Å². The number of fused-ring (bicyclic) bond motifs is 5. The van der Waals surface area contributed by atoms with Crippen LogP contribution in [0, 0.1) is 11.3 Å². The van der Waals surface area contributed by atoms with Crippen molar-refractivity contribution in [2.24, 2.45) is 18.4 Å². The Balaban J connectivity index is 1.25. The lowest BCUT2D eigenvalue weighted by Gasteiger charge is -2.36. The van der Waals surface area contributed by atoms with E-state index in [9.17, 15) is 22.4 Å². The van der Waals surface area contributed by atoms with Gasteiger partial charge in [-0.15, -0.1) is 0 Å². The number of hydrogen-bond donors (Lipinski definition) is 2. The van der Waals surface area contributed by atoms with E-state index in [1.54, 1.807) is 37.1 Å². The zero-order valence-electron chi connectivity index (χ0n) is 21.8. The van der Waals surface area contributed by atoms with Crippen molar-refractivity contribution < 1.29 is 22.3 Å². The van der Waals surface area contributed by atoms with Crippen molar-refractivity contribution in [3.8, 4) is 5.75 Å². The van der Waals surface area contributed by atoms with Crippen LogP contribution in [0.3, 0.4) is 0 Å². The van der Waals surface area contributed by atoms with Crippen LogP contribution in [0.1, 0.15) is 32.6 Å². The van der Waals surface area contributed by atoms with Crippen LogP contribution in [0.15, 0.2) is 29.2 Å². The molecule has 2 bridgehead atoms. The molecule has 3 atom stereocenters. The Hall–Kier alpha value is -3.28. The fourth-order valence-electron chi connectivity index (χ4n) is 6.43. The number of nitrogens with one attached hydrogen (secondary N) is 2. The third-order valence-corrected chi connectivity index (χ3v) is 9.16. The van der Waals surface area contributed by atoms with E-state index >= 15 is 0 Å². The van der Waals surface area contributed by atoms with Gasteiger partial charge in [0.15, 0.2) is 12.4 Å². The molecule has 0 radical (unpaired) electrons. The highest BCUT2D eigenvalue weighted by Gasteiger charge is 2.64. The molecule has 2 aliphatic heterocycles. The molecule has 0 spiro atoms. The van der Waals surface area contributed by atoms with Crippen LogP contribution in [0.5, 0.6) is 5.75 Å². The fraction of sp³-hybridized carbons (Fsp3) is 0.519. The predicted molar refractivity (Wildman–Crippen MR) is 144 cm³/mol. The van der Waals surface area contributed by atoms with Crippen LogP contribution in [0.25, 0.3) is 10.9 Å². The van der Waals surface area contributed by atoms with Crippen molar-refractivity contribution >= 4 is 45.6 Å². The van der Waals surface area contributed by atoms with Crippen LogP contribution in [0.2, 0.25) is 5.02 Å². The highest BCUT2D eigenvalue weighted by atomic mass is 35.5. The number of piperidine rings is 1. The molecule has 1 saturated heterocycles. The molecule has 3 fully saturated rings. The largest absolute Gasteiger partial charge is 0.480 e. The van der Waals surface area contributed by atoms with E-state index in [-0.39, 0.29) is 47.2 Å². The van der Waals surface area contributed by atoms with Gasteiger partial charge in [-0.25, -0.2) is 22.5 Å². The van der Waals surface area contributed by atoms with Gasteiger partial charge in [-0.3, -0.25) is 4.79 Å². The van der Waals surface area contributed by atoms with Crippen LogP contribution in [0.4, 0.5) is 40.7 Å². The zero-order chi connectivity index (χ0) is 28.2. The van der Waals surface area contributed by atoms with E-state index in [1.807, 2.05) is 0 Å². The molecule has 2 N–H and O–H groups in total. The summed E-state index contributed by atoms with van der Waals surface area (Å²) in [6.45, 7) is 0.851. The van der Waals surface area contributed by atoms with Crippen molar-refractivity contribution in [1.29, 1.82) is 0 Å². The van der Waals surface area contributed by atoms with Crippen LogP contribution in [-0.2, 0) is 7.05 Å². The summed E-state index contributed by atoms with van der Waals surface area (Å²) in [4.78, 5) is 23.7. The van der Waals surface area contributed by atoms with Gasteiger partial charge in [-0.05, 0) is 43.4 Å². The second-order valence-electron chi connectivity index (χ2n) is 11.8. The molecule has 4 heterocycles. The normalized spacial score (nSPS) is 28.1. The third kappa shape index (κ3) is 3.82. The lowest BCUT2D eigenvalue weighted by molar-refractivity contribution is -0.0905. The first-order chi connectivity index (χ1) is 18.9. The van der Waals surface area contributed by atoms with Crippen molar-refractivity contribution in [1.82, 2.24) is 14.5 Å². The second kappa shape index (κ2) is 8.37. The van der Waals surface area contributed by atoms with E-state index in [0.717, 1.165) is 0 Å². The number of pyridine rings is 1. The van der Waals surface area contributed by atoms with Crippen LogP contribution in [-0.4, -0.2) is 51.6 Å². The summed E-state index contributed by atoms with van der Waals surface area (Å²) in [6, 6.07) is 3.62. The molecule has 0 amide bonds. The van der Waals surface area contributed by atoms with Gasteiger partial charge < -0.3 is 24.8 Å². The Kier molecular flexibility index (Phi) is 5.37. The molecule has 212 valence electrons. The lowest BCUT2D eigenvalue weighted by Crippen LogP contribution is -2.46. The lowest BCUT2D eigenvalue weighted by atomic mass is 9.86. The summed E-state index contributed by atoms with van der Waals surface area (Å²) in [5.41, 5.74) is -0.355. The molecular formula is C27H27ClF4N6O2. The molecule has 2 aliphatic carbocycles. The average Bonchev–Trinajstić information content (AvgIpc) is 3.64. The first-order valence-corrected chi connectivity index (χ1v) is 13.6. The second-order valence-corrected chi connectivity index (χ2v) is 12.2. The van der Waals surface area contributed by atoms with Crippen molar-refractivity contribution in [3.63, 3.8) is 0 Å². The number of anilines is 4. The van der Waals surface area contributed by atoms with E-state index in [1.165, 1.54) is 10.8 Å². The summed E-state index contributed by atoms with van der Waals surface area (Å²) in [5, 5.41) is 6.85. The summed E-state index contributed by atoms with van der Waals surface area (Å²) in [6.07, 6.45) is 2.90. The van der Waals surface area contributed by atoms with E-state index < -0.39 is 35.5 Å². The minimum atomic E-state index is -3.14. The number of hydrogen-bond acceptors (Lipinski definition) is 7. The van der Waals surface area contributed by atoms with Crippen molar-refractivity contribution in [2.75, 3.05) is 28.7 Å². The highest BCUT2D eigenvalue weighted by Crippen LogP contribution is 2.57. The van der Waals surface area contributed by atoms with Crippen LogP contribution >= 0.6 is 11.6 Å². The fourth-order valence-corrected chi connectivity index (χ4v) is 6.57. The van der Waals surface area contributed by atoms with E-state index in [4.69, 9.17) is 16.3 Å². The maximum absolute atomic E-state index is 14.9. The summed E-state index contributed by atoms with van der Waals surface area (Å²) >= 11 is 6.41. The number of alkyl halides is 4. The predicted octanol–water partition coefficient (Wildman–Crippen LogP) is 5.57. The molecule has 40 heavy (non-hydrogen) atoms. The Bertz CT molecular complexity index is 1610. The Morgan fingerprint density at radius 3 is 2.65 bits per heavy atom. The van der Waals surface area contributed by atoms with Gasteiger partial charge in [0.2, 0.25) is 11.7 Å². The number of rotatable bonds is 4. The zero-order valence-corrected chi connectivity index (χ0v) is 22.5. The first kappa shape index (κ1) is 25.7. The molecule has 1 unspecified atom stereocenters. The smallest absolute Gasteiger partial charge is 0.301 e. The minimum absolute atomic E-state index is 0.139. The monoisotopic (exact) mass is 578 g/mol. The summed E-state index contributed by atoms with van der Waals surface area (Å²) in [5.74, 6) is -5.65. The van der Waals surface area contributed by atoms with E-state index in [0.29, 0.717) is 41.8 Å². The number of aryl methyl sites for hydroxylation is 1. The average molecular weight is 579 g/mol. The van der Waals surface area contributed by atoms with Crippen LogP contribution < -0.4 is 25.8 Å². The maximum Gasteiger partial charge on any atom is 0.301 e. The number of ether oxygens (including phenoxy) is 1. The van der Waals surface area contributed by atoms with E-state index in [2.05, 4.69) is 20.6 Å². The van der Waals surface area contributed by atoms with Gasteiger partial charge in [0.05, 0.1) is 28.9 Å². The molecule has 1 aromatic carbocycles. The molecule has 3 aromatic rings. The maximum atomic E-state index is 14.9. The SMILES string of the molecule is Cn1c(=O)c2c(c3cc(Nc4nc(N5C[C@@]6(C)CC5CC6(F)F)ncc4Cl)ccc31)N[C@@H](C1CC1)C(F)(F)CO2. The molecule has 13 heteroatoms. The number of aromatic nitrogens is 3. The topological polar surface area (TPSA) is 84.3 Å². The standard InChI is InChI=1S/C27H27ClF4N6O2/c1-25-8-15(9-27(25,31)32)38(11-25)24-33-10-17(28)22(36-24)34-14-5-6-18-16(7-14)19-20(23(39)37(18)2)40-12-26(29,30)21(35-19)13-3-4-13/h5-7,10,13,15,21,35H,3-4,8-9,11-12H2,1-2H3,(H,33,34,36)/t15?,21-,25+/m0/s1. The van der Waals surface area contributed by atoms with Gasteiger partial charge >= 0.3 is 5.92 Å². The van der Waals surface area contributed by atoms with Gasteiger partial charge in [-0.2, -0.15) is 4.98 Å². The molecule has 8 nitrogen and oxygen atoms in total. The minimum Gasteiger partial charge on any atom is -0.480 e. The van der Waals surface area contributed by atoms with Gasteiger partial charge in [0.1, 0.15) is 5.02 Å². The van der Waals surface area contributed by atoms with Gasteiger partial charge in [-0.1, -0.05) is 18.5 Å². The Morgan fingerprint density at radius 2 is 1.98 bits per heavy atom. The van der Waals surface area contributed by atoms with Gasteiger partial charge in [0, 0.05) is 37.1 Å². The van der Waals surface area contributed by atoms with Gasteiger partial charge in [0.25, 0.3) is 11.5 Å². The summed E-state index contributed by atoms with van der Waals surface area (Å²) < 4.78 is 65.5. The number of halogens is 5. The number of benzene rings is 1.